The lowest BCUT2D eigenvalue weighted by Crippen LogP contribution is -2.24. The summed E-state index contributed by atoms with van der Waals surface area (Å²) in [4.78, 5) is 24.6. The van der Waals surface area contributed by atoms with E-state index in [1.807, 2.05) is 0 Å². The zero-order chi connectivity index (χ0) is 23.7. The standard InChI is InChI=1S/C29H34O5/c30-23-8-4-19(5-9-23)28(32)3-1-2-21-16-22-17-26(21)27-15-18(14-25(22)27)12-13-34-29(33)20-6-10-24(31)11-7-20/h4-11,18,21-22,25-27,30-31H,1-3,12-17H2. The summed E-state index contributed by atoms with van der Waals surface area (Å²) in [5.41, 5.74) is 1.17. The number of hydrogen-bond donors (Lipinski definition) is 2. The fourth-order valence-electron chi connectivity index (χ4n) is 7.21. The summed E-state index contributed by atoms with van der Waals surface area (Å²) in [7, 11) is 0. The van der Waals surface area contributed by atoms with Crippen molar-refractivity contribution in [3.05, 3.63) is 59.7 Å². The van der Waals surface area contributed by atoms with E-state index in [4.69, 9.17) is 4.74 Å². The maximum absolute atomic E-state index is 12.4. The Bertz CT molecular complexity index is 1010. The molecule has 0 saturated heterocycles. The molecular formula is C29H34O5. The maximum atomic E-state index is 12.4. The molecular weight excluding hydrogens is 428 g/mol. The average Bonchev–Trinajstić information content (AvgIpc) is 3.52. The van der Waals surface area contributed by atoms with Crippen molar-refractivity contribution in [2.45, 2.75) is 51.4 Å². The van der Waals surface area contributed by atoms with Crippen molar-refractivity contribution in [3.63, 3.8) is 0 Å². The molecule has 2 N–H and O–H groups in total. The molecule has 2 bridgehead atoms. The Morgan fingerprint density at radius 2 is 1.41 bits per heavy atom. The van der Waals surface area contributed by atoms with Gasteiger partial charge < -0.3 is 14.9 Å². The molecule has 180 valence electrons. The Kier molecular flexibility index (Phi) is 6.62. The van der Waals surface area contributed by atoms with Crippen LogP contribution in [0.3, 0.4) is 0 Å². The van der Waals surface area contributed by atoms with Gasteiger partial charge in [-0.2, -0.15) is 0 Å². The molecule has 3 aliphatic rings. The Morgan fingerprint density at radius 1 is 0.765 bits per heavy atom. The van der Waals surface area contributed by atoms with Gasteiger partial charge in [0.05, 0.1) is 12.2 Å². The Labute approximate surface area is 201 Å². The smallest absolute Gasteiger partial charge is 0.338 e. The van der Waals surface area contributed by atoms with Crippen LogP contribution in [0.25, 0.3) is 0 Å². The highest BCUT2D eigenvalue weighted by atomic mass is 16.5. The van der Waals surface area contributed by atoms with Crippen LogP contribution in [-0.4, -0.2) is 28.6 Å². The molecule has 0 spiro atoms. The van der Waals surface area contributed by atoms with Crippen molar-refractivity contribution in [3.8, 4) is 11.5 Å². The summed E-state index contributed by atoms with van der Waals surface area (Å²) in [5.74, 6) is 4.90. The fourth-order valence-corrected chi connectivity index (χ4v) is 7.21. The molecule has 5 rings (SSSR count). The van der Waals surface area contributed by atoms with Gasteiger partial charge in [0.1, 0.15) is 11.5 Å². The Morgan fingerprint density at radius 3 is 2.12 bits per heavy atom. The predicted molar refractivity (Wildman–Crippen MR) is 129 cm³/mol. The monoisotopic (exact) mass is 462 g/mol. The van der Waals surface area contributed by atoms with Crippen molar-refractivity contribution in [2.75, 3.05) is 6.61 Å². The lowest BCUT2D eigenvalue weighted by molar-refractivity contribution is 0.0481. The van der Waals surface area contributed by atoms with Crippen LogP contribution in [0.4, 0.5) is 0 Å². The third-order valence-electron chi connectivity index (χ3n) is 8.73. The first-order valence-corrected chi connectivity index (χ1v) is 12.8. The number of benzene rings is 2. The van der Waals surface area contributed by atoms with Crippen molar-refractivity contribution in [1.82, 2.24) is 0 Å². The quantitative estimate of drug-likeness (QED) is 0.353. The van der Waals surface area contributed by atoms with E-state index in [2.05, 4.69) is 0 Å². The van der Waals surface area contributed by atoms with Gasteiger partial charge in [-0.25, -0.2) is 4.79 Å². The number of phenolic OH excluding ortho intramolecular Hbond substituents is 2. The SMILES string of the molecule is O=C(CCCC1CC2CC1C1CC(CCOC(=O)c3ccc(O)cc3)CC21)c1ccc(O)cc1. The maximum Gasteiger partial charge on any atom is 0.338 e. The van der Waals surface area contributed by atoms with Gasteiger partial charge in [-0.1, -0.05) is 0 Å². The molecule has 5 heteroatoms. The lowest BCUT2D eigenvalue weighted by Gasteiger charge is -2.31. The van der Waals surface area contributed by atoms with Crippen LogP contribution in [-0.2, 0) is 4.74 Å². The van der Waals surface area contributed by atoms with E-state index in [0.29, 0.717) is 30.1 Å². The summed E-state index contributed by atoms with van der Waals surface area (Å²) in [5, 5.41) is 18.8. The van der Waals surface area contributed by atoms with Gasteiger partial charge in [0.25, 0.3) is 0 Å². The number of carbonyl (C=O) groups excluding carboxylic acids is 2. The van der Waals surface area contributed by atoms with E-state index >= 15 is 0 Å². The van der Waals surface area contributed by atoms with E-state index in [9.17, 15) is 19.8 Å². The second-order valence-electron chi connectivity index (χ2n) is 10.7. The highest BCUT2D eigenvalue weighted by Gasteiger charge is 2.55. The molecule has 0 heterocycles. The van der Waals surface area contributed by atoms with Crippen molar-refractivity contribution in [1.29, 1.82) is 0 Å². The first kappa shape index (κ1) is 22.9. The third kappa shape index (κ3) is 4.84. The Hall–Kier alpha value is -2.82. The number of ketones is 1. The predicted octanol–water partition coefficient (Wildman–Crippen LogP) is 6.00. The summed E-state index contributed by atoms with van der Waals surface area (Å²) in [6.07, 6.45) is 8.82. The van der Waals surface area contributed by atoms with E-state index in [1.54, 1.807) is 36.4 Å². The number of Topliss-reactive ketones (excluding diaryl/α,β-unsaturated/α-hetero) is 1. The fraction of sp³-hybridized carbons (Fsp3) is 0.517. The second-order valence-corrected chi connectivity index (χ2v) is 10.7. The molecule has 3 saturated carbocycles. The van der Waals surface area contributed by atoms with Gasteiger partial charge in [-0.3, -0.25) is 4.79 Å². The number of hydrogen-bond acceptors (Lipinski definition) is 5. The van der Waals surface area contributed by atoms with Gasteiger partial charge >= 0.3 is 5.97 Å². The van der Waals surface area contributed by atoms with Gasteiger partial charge in [-0.15, -0.1) is 0 Å². The molecule has 0 amide bonds. The van der Waals surface area contributed by atoms with Crippen LogP contribution in [0, 0.1) is 35.5 Å². The number of ether oxygens (including phenoxy) is 1. The topological polar surface area (TPSA) is 83.8 Å². The van der Waals surface area contributed by atoms with Crippen LogP contribution in [0.2, 0.25) is 0 Å². The van der Waals surface area contributed by atoms with Crippen molar-refractivity contribution >= 4 is 11.8 Å². The Balaban J connectivity index is 1.05. The molecule has 6 unspecified atom stereocenters. The van der Waals surface area contributed by atoms with Gasteiger partial charge in [0.15, 0.2) is 5.78 Å². The molecule has 0 aromatic heterocycles. The molecule has 2 aromatic rings. The average molecular weight is 463 g/mol. The van der Waals surface area contributed by atoms with Crippen molar-refractivity contribution in [2.24, 2.45) is 35.5 Å². The number of phenols is 2. The largest absolute Gasteiger partial charge is 0.508 e. The molecule has 3 aliphatic carbocycles. The number of fused-ring (bicyclic) bond motifs is 5. The highest BCUT2D eigenvalue weighted by molar-refractivity contribution is 5.96. The summed E-state index contributed by atoms with van der Waals surface area (Å²) >= 11 is 0. The first-order valence-electron chi connectivity index (χ1n) is 12.8. The zero-order valence-electron chi connectivity index (χ0n) is 19.6. The van der Waals surface area contributed by atoms with E-state index < -0.39 is 0 Å². The molecule has 34 heavy (non-hydrogen) atoms. The number of esters is 1. The summed E-state index contributed by atoms with van der Waals surface area (Å²) < 4.78 is 5.49. The van der Waals surface area contributed by atoms with E-state index in [1.165, 1.54) is 37.8 Å². The highest BCUT2D eigenvalue weighted by Crippen LogP contribution is 2.63. The van der Waals surface area contributed by atoms with Crippen LogP contribution < -0.4 is 0 Å². The minimum absolute atomic E-state index is 0.144. The minimum Gasteiger partial charge on any atom is -0.508 e. The number of rotatable bonds is 9. The van der Waals surface area contributed by atoms with Crippen LogP contribution >= 0.6 is 0 Å². The third-order valence-corrected chi connectivity index (χ3v) is 8.73. The van der Waals surface area contributed by atoms with Gasteiger partial charge in [-0.05, 0) is 129 Å². The molecule has 2 aromatic carbocycles. The lowest BCUT2D eigenvalue weighted by atomic mass is 9.74. The minimum atomic E-state index is -0.319. The second kappa shape index (κ2) is 9.81. The summed E-state index contributed by atoms with van der Waals surface area (Å²) in [6.45, 7) is 0.460. The van der Waals surface area contributed by atoms with E-state index in [0.717, 1.165) is 48.9 Å². The molecule has 5 nitrogen and oxygen atoms in total. The summed E-state index contributed by atoms with van der Waals surface area (Å²) in [6, 6.07) is 12.8. The van der Waals surface area contributed by atoms with Crippen molar-refractivity contribution < 1.29 is 24.5 Å². The van der Waals surface area contributed by atoms with Crippen LogP contribution in [0.1, 0.15) is 72.1 Å². The molecule has 0 aliphatic heterocycles. The van der Waals surface area contributed by atoms with E-state index in [-0.39, 0.29) is 23.3 Å². The zero-order valence-corrected chi connectivity index (χ0v) is 19.6. The van der Waals surface area contributed by atoms with Crippen LogP contribution in [0.15, 0.2) is 48.5 Å². The number of aromatic hydroxyl groups is 2. The first-order chi connectivity index (χ1) is 16.5. The normalized spacial score (nSPS) is 29.2. The van der Waals surface area contributed by atoms with Crippen LogP contribution in [0.5, 0.6) is 11.5 Å². The number of carbonyl (C=O) groups is 2. The van der Waals surface area contributed by atoms with Gasteiger partial charge in [0, 0.05) is 12.0 Å². The molecule has 3 fully saturated rings. The molecule has 6 atom stereocenters. The van der Waals surface area contributed by atoms with Gasteiger partial charge in [0.2, 0.25) is 0 Å². The molecule has 0 radical (unpaired) electrons.